The molecule has 1 amide bonds. The van der Waals surface area contributed by atoms with Gasteiger partial charge in [0.1, 0.15) is 11.6 Å². The van der Waals surface area contributed by atoms with Crippen molar-refractivity contribution in [3.63, 3.8) is 0 Å². The number of nitrogens with zero attached hydrogens (tertiary/aromatic N) is 1. The van der Waals surface area contributed by atoms with E-state index < -0.39 is 5.91 Å². The zero-order valence-electron chi connectivity index (χ0n) is 13.0. The van der Waals surface area contributed by atoms with E-state index in [4.69, 9.17) is 33.2 Å². The summed E-state index contributed by atoms with van der Waals surface area (Å²) in [5.74, 6) is -0.553. The average molecular weight is 356 g/mol. The lowest BCUT2D eigenvalue weighted by Crippen LogP contribution is -2.18. The highest BCUT2D eigenvalue weighted by Crippen LogP contribution is 2.25. The van der Waals surface area contributed by atoms with Gasteiger partial charge in [-0.1, -0.05) is 23.2 Å². The number of amides is 1. The molecule has 23 heavy (non-hydrogen) atoms. The number of hydrogen-bond donors (Lipinski definition) is 2. The Balaban J connectivity index is 2.53. The highest BCUT2D eigenvalue weighted by molar-refractivity contribution is 6.35. The zero-order chi connectivity index (χ0) is 17.2. The van der Waals surface area contributed by atoms with E-state index in [1.54, 1.807) is 12.1 Å². The van der Waals surface area contributed by atoms with Gasteiger partial charge in [0.2, 0.25) is 0 Å². The Bertz CT molecular complexity index is 610. The summed E-state index contributed by atoms with van der Waals surface area (Å²) in [7, 11) is 0. The fraction of sp³-hybridized carbons (Fsp3) is 0.375. The Morgan fingerprint density at radius 1 is 1.43 bits per heavy atom. The summed E-state index contributed by atoms with van der Waals surface area (Å²) in [4.78, 5) is 12.0. The molecular weight excluding hydrogens is 337 g/mol. The van der Waals surface area contributed by atoms with Gasteiger partial charge in [0, 0.05) is 24.4 Å². The van der Waals surface area contributed by atoms with Gasteiger partial charge in [-0.25, -0.2) is 0 Å². The van der Waals surface area contributed by atoms with Crippen molar-refractivity contribution in [1.82, 2.24) is 5.32 Å². The summed E-state index contributed by atoms with van der Waals surface area (Å²) in [6.45, 7) is 5.15. The molecular formula is C16H19Cl2N3O2. The standard InChI is InChI=1S/C16H19Cl2N3O2/c1-11(2)23-7-3-6-20-10-12(9-19)16(22)21-15-8-13(17)4-5-14(15)18/h4-5,8,10-11,20H,3,6-7H2,1-2H3,(H,21,22)/b12-10-. The quantitative estimate of drug-likeness (QED) is 0.423. The van der Waals surface area contributed by atoms with Crippen molar-refractivity contribution in [2.75, 3.05) is 18.5 Å². The molecule has 7 heteroatoms. The molecule has 1 rings (SSSR count). The van der Waals surface area contributed by atoms with Gasteiger partial charge in [-0.15, -0.1) is 0 Å². The van der Waals surface area contributed by atoms with Crippen LogP contribution in [0, 0.1) is 11.3 Å². The van der Waals surface area contributed by atoms with Crippen LogP contribution in [0.15, 0.2) is 30.0 Å². The minimum atomic E-state index is -0.553. The van der Waals surface area contributed by atoms with Crippen molar-refractivity contribution in [1.29, 1.82) is 5.26 Å². The lowest BCUT2D eigenvalue weighted by atomic mass is 10.2. The summed E-state index contributed by atoms with van der Waals surface area (Å²) >= 11 is 11.8. The van der Waals surface area contributed by atoms with E-state index in [1.807, 2.05) is 19.9 Å². The van der Waals surface area contributed by atoms with E-state index in [0.29, 0.717) is 28.9 Å². The molecule has 0 saturated carbocycles. The molecule has 1 aromatic carbocycles. The first kappa shape index (κ1) is 19.3. The van der Waals surface area contributed by atoms with Crippen molar-refractivity contribution in [2.45, 2.75) is 26.4 Å². The van der Waals surface area contributed by atoms with Crippen molar-refractivity contribution < 1.29 is 9.53 Å². The number of carbonyl (C=O) groups excluding carboxylic acids is 1. The molecule has 0 saturated heterocycles. The van der Waals surface area contributed by atoms with Gasteiger partial charge in [-0.3, -0.25) is 4.79 Å². The van der Waals surface area contributed by atoms with E-state index in [0.717, 1.165) is 6.42 Å². The number of benzene rings is 1. The molecule has 5 nitrogen and oxygen atoms in total. The van der Waals surface area contributed by atoms with Crippen LogP contribution in [0.3, 0.4) is 0 Å². The van der Waals surface area contributed by atoms with Gasteiger partial charge in [-0.05, 0) is 38.5 Å². The Labute approximate surface area is 146 Å². The summed E-state index contributed by atoms with van der Waals surface area (Å²) in [5, 5.41) is 15.3. The average Bonchev–Trinajstić information content (AvgIpc) is 2.49. The molecule has 2 N–H and O–H groups in total. The predicted molar refractivity (Wildman–Crippen MR) is 92.5 cm³/mol. The number of halogens is 2. The largest absolute Gasteiger partial charge is 0.390 e. The zero-order valence-corrected chi connectivity index (χ0v) is 14.5. The third kappa shape index (κ3) is 7.38. The number of anilines is 1. The first-order chi connectivity index (χ1) is 10.9. The number of nitrogens with one attached hydrogen (secondary N) is 2. The molecule has 0 unspecified atom stereocenters. The van der Waals surface area contributed by atoms with Crippen LogP contribution in [-0.4, -0.2) is 25.2 Å². The SMILES string of the molecule is CC(C)OCCCN/C=C(/C#N)C(=O)Nc1cc(Cl)ccc1Cl. The molecule has 0 radical (unpaired) electrons. The van der Waals surface area contributed by atoms with Gasteiger partial charge in [0.25, 0.3) is 5.91 Å². The minimum absolute atomic E-state index is 0.0502. The van der Waals surface area contributed by atoms with Crippen molar-refractivity contribution in [3.8, 4) is 6.07 Å². The smallest absolute Gasteiger partial charge is 0.267 e. The van der Waals surface area contributed by atoms with Gasteiger partial charge in [-0.2, -0.15) is 5.26 Å². The Kier molecular flexibility index (Phi) is 8.49. The lowest BCUT2D eigenvalue weighted by molar-refractivity contribution is -0.112. The minimum Gasteiger partial charge on any atom is -0.390 e. The van der Waals surface area contributed by atoms with Gasteiger partial charge >= 0.3 is 0 Å². The van der Waals surface area contributed by atoms with Crippen LogP contribution in [0.4, 0.5) is 5.69 Å². The van der Waals surface area contributed by atoms with Crippen LogP contribution in [0.25, 0.3) is 0 Å². The Morgan fingerprint density at radius 2 is 2.17 bits per heavy atom. The van der Waals surface area contributed by atoms with Crippen LogP contribution >= 0.6 is 23.2 Å². The molecule has 0 aliphatic rings. The lowest BCUT2D eigenvalue weighted by Gasteiger charge is -2.08. The van der Waals surface area contributed by atoms with E-state index in [9.17, 15) is 4.79 Å². The first-order valence-corrected chi connectivity index (χ1v) is 7.91. The van der Waals surface area contributed by atoms with Crippen LogP contribution in [0.2, 0.25) is 10.0 Å². The van der Waals surface area contributed by atoms with Gasteiger partial charge < -0.3 is 15.4 Å². The number of nitriles is 1. The molecule has 0 fully saturated rings. The second kappa shape index (κ2) is 10.1. The topological polar surface area (TPSA) is 74.1 Å². The summed E-state index contributed by atoms with van der Waals surface area (Å²) < 4.78 is 5.39. The third-order valence-electron chi connectivity index (χ3n) is 2.70. The maximum Gasteiger partial charge on any atom is 0.267 e. The molecule has 0 atom stereocenters. The molecule has 0 aliphatic carbocycles. The molecule has 0 bridgehead atoms. The maximum absolute atomic E-state index is 12.0. The van der Waals surface area contributed by atoms with Crippen molar-refractivity contribution in [2.24, 2.45) is 0 Å². The molecule has 0 aromatic heterocycles. The van der Waals surface area contributed by atoms with Gasteiger partial charge in [0.05, 0.1) is 16.8 Å². The summed E-state index contributed by atoms with van der Waals surface area (Å²) in [6, 6.07) is 6.55. The first-order valence-electron chi connectivity index (χ1n) is 7.15. The summed E-state index contributed by atoms with van der Waals surface area (Å²) in [6.07, 6.45) is 2.34. The molecule has 0 spiro atoms. The fourth-order valence-electron chi connectivity index (χ4n) is 1.60. The van der Waals surface area contributed by atoms with Crippen LogP contribution in [0.5, 0.6) is 0 Å². The molecule has 0 aliphatic heterocycles. The molecule has 0 heterocycles. The summed E-state index contributed by atoms with van der Waals surface area (Å²) in [5.41, 5.74) is 0.307. The second-order valence-electron chi connectivity index (χ2n) is 4.98. The predicted octanol–water partition coefficient (Wildman–Crippen LogP) is 3.74. The van der Waals surface area contributed by atoms with Crippen LogP contribution < -0.4 is 10.6 Å². The van der Waals surface area contributed by atoms with Crippen molar-refractivity contribution >= 4 is 34.8 Å². The van der Waals surface area contributed by atoms with E-state index >= 15 is 0 Å². The number of carbonyl (C=O) groups is 1. The van der Waals surface area contributed by atoms with Crippen molar-refractivity contribution in [3.05, 3.63) is 40.0 Å². The number of ether oxygens (including phenoxy) is 1. The van der Waals surface area contributed by atoms with E-state index in [2.05, 4.69) is 10.6 Å². The monoisotopic (exact) mass is 355 g/mol. The third-order valence-corrected chi connectivity index (χ3v) is 3.27. The normalized spacial score (nSPS) is 11.2. The van der Waals surface area contributed by atoms with Crippen LogP contribution in [-0.2, 0) is 9.53 Å². The molecule has 1 aromatic rings. The van der Waals surface area contributed by atoms with Crippen LogP contribution in [0.1, 0.15) is 20.3 Å². The number of hydrogen-bond acceptors (Lipinski definition) is 4. The highest BCUT2D eigenvalue weighted by Gasteiger charge is 2.11. The van der Waals surface area contributed by atoms with Gasteiger partial charge in [0.15, 0.2) is 0 Å². The van der Waals surface area contributed by atoms with E-state index in [1.165, 1.54) is 12.3 Å². The fourth-order valence-corrected chi connectivity index (χ4v) is 1.94. The molecule has 124 valence electrons. The second-order valence-corrected chi connectivity index (χ2v) is 5.82. The Morgan fingerprint density at radius 3 is 2.83 bits per heavy atom. The highest BCUT2D eigenvalue weighted by atomic mass is 35.5. The van der Waals surface area contributed by atoms with E-state index in [-0.39, 0.29) is 11.7 Å². The number of rotatable bonds is 8. The Hall–Kier alpha value is -1.74. The maximum atomic E-state index is 12.0.